The summed E-state index contributed by atoms with van der Waals surface area (Å²) in [7, 11) is 0. The lowest BCUT2D eigenvalue weighted by Gasteiger charge is -2.20. The van der Waals surface area contributed by atoms with Crippen LogP contribution in [0.1, 0.15) is 42.5 Å². The Kier molecular flexibility index (Phi) is 4.91. The fourth-order valence-corrected chi connectivity index (χ4v) is 3.26. The Morgan fingerprint density at radius 2 is 1.83 bits per heavy atom. The average molecular weight is 326 g/mol. The molecule has 2 N–H and O–H groups in total. The monoisotopic (exact) mass is 326 g/mol. The molecule has 2 aromatic carbocycles. The largest absolute Gasteiger partial charge is 0.331 e. The molecule has 0 fully saturated rings. The lowest BCUT2D eigenvalue weighted by atomic mass is 9.89. The Balaban J connectivity index is 1.65. The number of amides is 2. The minimum Gasteiger partial charge on any atom is -0.331 e. The summed E-state index contributed by atoms with van der Waals surface area (Å²) in [5.41, 5.74) is 4.76. The summed E-state index contributed by atoms with van der Waals surface area (Å²) in [5, 5.41) is 5.84. The van der Waals surface area contributed by atoms with Crippen LogP contribution < -0.4 is 10.6 Å². The van der Waals surface area contributed by atoms with E-state index in [-0.39, 0.29) is 12.1 Å². The van der Waals surface area contributed by atoms with Crippen molar-refractivity contribution in [2.75, 3.05) is 5.32 Å². The molecule has 0 saturated heterocycles. The molecular formula is C19H22N2OS. The van der Waals surface area contributed by atoms with E-state index in [1.54, 1.807) is 0 Å². The van der Waals surface area contributed by atoms with E-state index in [0.29, 0.717) is 5.69 Å². The first kappa shape index (κ1) is 15.9. The zero-order chi connectivity index (χ0) is 16.2. The number of nitrogens with one attached hydrogen (secondary N) is 2. The highest BCUT2D eigenvalue weighted by Gasteiger charge is 2.14. The van der Waals surface area contributed by atoms with Crippen LogP contribution in [0.25, 0.3) is 0 Å². The zero-order valence-corrected chi connectivity index (χ0v) is 14.2. The predicted octanol–water partition coefficient (Wildman–Crippen LogP) is 4.74. The molecule has 3 nitrogen and oxygen atoms in total. The Morgan fingerprint density at radius 3 is 2.61 bits per heavy atom. The minimum absolute atomic E-state index is 0.0330. The Labute approximate surface area is 142 Å². The Morgan fingerprint density at radius 1 is 1.09 bits per heavy atom. The van der Waals surface area contributed by atoms with Gasteiger partial charge in [0.1, 0.15) is 0 Å². The van der Waals surface area contributed by atoms with Crippen LogP contribution in [0.15, 0.2) is 47.4 Å². The Hall–Kier alpha value is -1.94. The van der Waals surface area contributed by atoms with Crippen molar-refractivity contribution >= 4 is 24.3 Å². The summed E-state index contributed by atoms with van der Waals surface area (Å²) in [6.07, 6.45) is 4.87. The molecule has 2 aromatic rings. The molecule has 3 rings (SSSR count). The molecule has 120 valence electrons. The summed E-state index contributed by atoms with van der Waals surface area (Å²) in [6.45, 7) is 2.01. The number of hydrogen-bond acceptors (Lipinski definition) is 2. The van der Waals surface area contributed by atoms with Crippen LogP contribution >= 0.6 is 12.6 Å². The van der Waals surface area contributed by atoms with Crippen LogP contribution in [-0.4, -0.2) is 6.03 Å². The summed E-state index contributed by atoms with van der Waals surface area (Å²) in [6, 6.07) is 13.8. The van der Waals surface area contributed by atoms with Crippen molar-refractivity contribution in [1.29, 1.82) is 0 Å². The van der Waals surface area contributed by atoms with Crippen molar-refractivity contribution in [1.82, 2.24) is 5.32 Å². The van der Waals surface area contributed by atoms with E-state index >= 15 is 0 Å². The first-order valence-electron chi connectivity index (χ1n) is 8.10. The van der Waals surface area contributed by atoms with Crippen LogP contribution in [0, 0.1) is 0 Å². The molecule has 0 saturated carbocycles. The molecular weight excluding hydrogens is 304 g/mol. The van der Waals surface area contributed by atoms with Crippen molar-refractivity contribution in [2.45, 2.75) is 43.5 Å². The van der Waals surface area contributed by atoms with Crippen molar-refractivity contribution in [3.8, 4) is 0 Å². The van der Waals surface area contributed by atoms with Gasteiger partial charge in [-0.15, -0.1) is 12.6 Å². The van der Waals surface area contributed by atoms with E-state index in [4.69, 9.17) is 0 Å². The van der Waals surface area contributed by atoms with E-state index in [9.17, 15) is 4.79 Å². The van der Waals surface area contributed by atoms with Gasteiger partial charge in [0.15, 0.2) is 0 Å². The first-order chi connectivity index (χ1) is 11.1. The lowest BCUT2D eigenvalue weighted by molar-refractivity contribution is 0.249. The number of carbonyl (C=O) groups excluding carboxylic acids is 1. The van der Waals surface area contributed by atoms with Gasteiger partial charge in [-0.3, -0.25) is 0 Å². The fraction of sp³-hybridized carbons (Fsp3) is 0.316. The number of rotatable bonds is 3. The number of urea groups is 1. The molecule has 0 bridgehead atoms. The number of hydrogen-bond donors (Lipinski definition) is 3. The third-order valence-corrected chi connectivity index (χ3v) is 4.76. The van der Waals surface area contributed by atoms with Gasteiger partial charge in [-0.05, 0) is 61.4 Å². The third kappa shape index (κ3) is 3.88. The minimum atomic E-state index is -0.211. The van der Waals surface area contributed by atoms with Gasteiger partial charge >= 0.3 is 6.03 Å². The second-order valence-electron chi connectivity index (χ2n) is 6.07. The average Bonchev–Trinajstić information content (AvgIpc) is 2.56. The molecule has 0 spiro atoms. The number of benzene rings is 2. The Bertz CT molecular complexity index is 714. The van der Waals surface area contributed by atoms with Crippen LogP contribution in [0.2, 0.25) is 0 Å². The zero-order valence-electron chi connectivity index (χ0n) is 13.3. The molecule has 0 aliphatic heterocycles. The van der Waals surface area contributed by atoms with Gasteiger partial charge in [-0.2, -0.15) is 0 Å². The van der Waals surface area contributed by atoms with E-state index in [1.807, 2.05) is 31.2 Å². The van der Waals surface area contributed by atoms with E-state index in [2.05, 4.69) is 41.5 Å². The SMILES string of the molecule is CC(NC(=O)Nc1ccccc1S)c1ccc2c(c1)CCCC2. The van der Waals surface area contributed by atoms with Gasteiger partial charge in [0.05, 0.1) is 11.7 Å². The normalized spacial score (nSPS) is 14.7. The summed E-state index contributed by atoms with van der Waals surface area (Å²) in [5.74, 6) is 0. The number of para-hydroxylation sites is 1. The van der Waals surface area contributed by atoms with E-state index in [1.165, 1.54) is 30.4 Å². The van der Waals surface area contributed by atoms with Crippen molar-refractivity contribution in [2.24, 2.45) is 0 Å². The second kappa shape index (κ2) is 7.09. The van der Waals surface area contributed by atoms with Crippen molar-refractivity contribution in [3.05, 3.63) is 59.2 Å². The number of thiol groups is 1. The summed E-state index contributed by atoms with van der Waals surface area (Å²) < 4.78 is 0. The maximum absolute atomic E-state index is 12.2. The number of aryl methyl sites for hydroxylation is 2. The van der Waals surface area contributed by atoms with Crippen LogP contribution in [-0.2, 0) is 12.8 Å². The number of fused-ring (bicyclic) bond motifs is 1. The second-order valence-corrected chi connectivity index (χ2v) is 6.55. The topological polar surface area (TPSA) is 41.1 Å². The quantitative estimate of drug-likeness (QED) is 0.701. The predicted molar refractivity (Wildman–Crippen MR) is 97.3 cm³/mol. The van der Waals surface area contributed by atoms with Gasteiger partial charge in [0.25, 0.3) is 0 Å². The third-order valence-electron chi connectivity index (χ3n) is 4.37. The first-order valence-corrected chi connectivity index (χ1v) is 8.55. The maximum atomic E-state index is 12.2. The molecule has 2 amide bonds. The van der Waals surface area contributed by atoms with Gasteiger partial charge in [0.2, 0.25) is 0 Å². The van der Waals surface area contributed by atoms with Crippen molar-refractivity contribution in [3.63, 3.8) is 0 Å². The van der Waals surface area contributed by atoms with Gasteiger partial charge in [-0.25, -0.2) is 4.79 Å². The standard InChI is InChI=1S/C19H22N2OS/c1-13(15-11-10-14-6-2-3-7-16(14)12-15)20-19(22)21-17-8-4-5-9-18(17)23/h4-5,8-13,23H,2-3,6-7H2,1H3,(H2,20,21,22). The van der Waals surface area contributed by atoms with Gasteiger partial charge in [-0.1, -0.05) is 30.3 Å². The lowest BCUT2D eigenvalue weighted by Crippen LogP contribution is -2.31. The maximum Gasteiger partial charge on any atom is 0.319 e. The van der Waals surface area contributed by atoms with E-state index in [0.717, 1.165) is 16.9 Å². The molecule has 0 radical (unpaired) electrons. The smallest absolute Gasteiger partial charge is 0.319 e. The van der Waals surface area contributed by atoms with Gasteiger partial charge in [0, 0.05) is 4.90 Å². The molecule has 0 aromatic heterocycles. The van der Waals surface area contributed by atoms with Crippen LogP contribution in [0.4, 0.5) is 10.5 Å². The molecule has 1 aliphatic carbocycles. The number of carbonyl (C=O) groups is 1. The van der Waals surface area contributed by atoms with Crippen molar-refractivity contribution < 1.29 is 4.79 Å². The number of anilines is 1. The highest BCUT2D eigenvalue weighted by Crippen LogP contribution is 2.25. The summed E-state index contributed by atoms with van der Waals surface area (Å²) >= 11 is 4.35. The molecule has 0 heterocycles. The highest BCUT2D eigenvalue weighted by molar-refractivity contribution is 7.80. The fourth-order valence-electron chi connectivity index (χ4n) is 3.04. The highest BCUT2D eigenvalue weighted by atomic mass is 32.1. The molecule has 1 aliphatic rings. The van der Waals surface area contributed by atoms with Crippen LogP contribution in [0.3, 0.4) is 0 Å². The van der Waals surface area contributed by atoms with E-state index < -0.39 is 0 Å². The summed E-state index contributed by atoms with van der Waals surface area (Å²) in [4.78, 5) is 12.9. The van der Waals surface area contributed by atoms with Gasteiger partial charge < -0.3 is 10.6 Å². The molecule has 23 heavy (non-hydrogen) atoms. The molecule has 4 heteroatoms. The molecule has 1 atom stereocenters. The molecule has 1 unspecified atom stereocenters. The van der Waals surface area contributed by atoms with Crippen LogP contribution in [0.5, 0.6) is 0 Å².